The third-order valence-electron chi connectivity index (χ3n) is 4.24. The first-order valence-corrected chi connectivity index (χ1v) is 6.98. The minimum atomic E-state index is -0.155. The van der Waals surface area contributed by atoms with E-state index in [1.54, 1.807) is 6.07 Å². The van der Waals surface area contributed by atoms with E-state index < -0.39 is 0 Å². The Labute approximate surface area is 115 Å². The molecule has 0 radical (unpaired) electrons. The zero-order valence-corrected chi connectivity index (χ0v) is 11.8. The highest BCUT2D eigenvalue weighted by Gasteiger charge is 2.27. The number of hydrogen-bond acceptors (Lipinski definition) is 3. The van der Waals surface area contributed by atoms with Crippen LogP contribution in [0.5, 0.6) is 0 Å². The number of nitrogens with two attached hydrogens (primary N) is 1. The molecule has 0 spiro atoms. The monoisotopic (exact) mass is 265 g/mol. The van der Waals surface area contributed by atoms with Gasteiger partial charge in [-0.15, -0.1) is 0 Å². The van der Waals surface area contributed by atoms with Gasteiger partial charge >= 0.3 is 0 Å². The second kappa shape index (κ2) is 6.46. The van der Waals surface area contributed by atoms with Gasteiger partial charge in [-0.25, -0.2) is 4.39 Å². The molecule has 2 rings (SSSR count). The summed E-state index contributed by atoms with van der Waals surface area (Å²) in [5.74, 6) is -0.155. The summed E-state index contributed by atoms with van der Waals surface area (Å²) in [6, 6.07) is 7.42. The van der Waals surface area contributed by atoms with Crippen LogP contribution in [0.1, 0.15) is 24.4 Å². The molecule has 1 aromatic carbocycles. The van der Waals surface area contributed by atoms with Gasteiger partial charge in [0, 0.05) is 24.2 Å². The first-order chi connectivity index (χ1) is 9.13. The van der Waals surface area contributed by atoms with Gasteiger partial charge in [0.05, 0.1) is 0 Å². The molecule has 0 aromatic heterocycles. The Morgan fingerprint density at radius 2 is 2.00 bits per heavy atom. The maximum atomic E-state index is 13.9. The van der Waals surface area contributed by atoms with E-state index in [1.807, 2.05) is 12.1 Å². The highest BCUT2D eigenvalue weighted by molar-refractivity contribution is 5.21. The lowest BCUT2D eigenvalue weighted by atomic mass is 9.98. The van der Waals surface area contributed by atoms with Gasteiger partial charge < -0.3 is 10.6 Å². The Morgan fingerprint density at radius 3 is 2.58 bits per heavy atom. The van der Waals surface area contributed by atoms with Crippen molar-refractivity contribution in [2.45, 2.75) is 24.9 Å². The molecule has 1 atom stereocenters. The Balaban J connectivity index is 2.11. The van der Waals surface area contributed by atoms with Crippen molar-refractivity contribution in [1.29, 1.82) is 0 Å². The van der Waals surface area contributed by atoms with E-state index in [-0.39, 0.29) is 11.9 Å². The van der Waals surface area contributed by atoms with Gasteiger partial charge in [0.15, 0.2) is 0 Å². The molecule has 4 heteroatoms. The summed E-state index contributed by atoms with van der Waals surface area (Å²) in [7, 11) is 4.22. The number of benzene rings is 1. The fourth-order valence-electron chi connectivity index (χ4n) is 2.91. The Kier molecular flexibility index (Phi) is 4.91. The Hall–Kier alpha value is -0.970. The van der Waals surface area contributed by atoms with Crippen LogP contribution in [0.25, 0.3) is 0 Å². The topological polar surface area (TPSA) is 32.5 Å². The minimum absolute atomic E-state index is 0.0328. The van der Waals surface area contributed by atoms with Crippen LogP contribution in [0.2, 0.25) is 0 Å². The smallest absolute Gasteiger partial charge is 0.128 e. The van der Waals surface area contributed by atoms with Gasteiger partial charge in [0.2, 0.25) is 0 Å². The molecule has 0 bridgehead atoms. The molecule has 2 N–H and O–H groups in total. The summed E-state index contributed by atoms with van der Waals surface area (Å²) < 4.78 is 13.9. The van der Waals surface area contributed by atoms with E-state index in [1.165, 1.54) is 6.07 Å². The maximum Gasteiger partial charge on any atom is 0.128 e. The average molecular weight is 265 g/mol. The zero-order valence-electron chi connectivity index (χ0n) is 11.8. The van der Waals surface area contributed by atoms with Gasteiger partial charge in [-0.05, 0) is 46.1 Å². The van der Waals surface area contributed by atoms with Gasteiger partial charge in [0.1, 0.15) is 5.82 Å². The predicted molar refractivity (Wildman–Crippen MR) is 76.5 cm³/mol. The molecular weight excluding hydrogens is 241 g/mol. The molecule has 0 amide bonds. The molecule has 19 heavy (non-hydrogen) atoms. The van der Waals surface area contributed by atoms with Gasteiger partial charge in [-0.3, -0.25) is 4.90 Å². The van der Waals surface area contributed by atoms with Crippen LogP contribution in [0.15, 0.2) is 24.3 Å². The lowest BCUT2D eigenvalue weighted by Gasteiger charge is -2.39. The molecule has 3 nitrogen and oxygen atoms in total. The Morgan fingerprint density at radius 1 is 1.37 bits per heavy atom. The standard InChI is InChI=1S/C15H24FN3/c1-18-9-7-12(8-10-18)19(2)15(11-17)13-5-3-4-6-14(13)16/h3-6,12,15H,7-11,17H2,1-2H3. The lowest BCUT2D eigenvalue weighted by Crippen LogP contribution is -2.45. The molecular formula is C15H24FN3. The number of halogens is 1. The lowest BCUT2D eigenvalue weighted by molar-refractivity contribution is 0.108. The van der Waals surface area contributed by atoms with Gasteiger partial charge in [0.25, 0.3) is 0 Å². The van der Waals surface area contributed by atoms with E-state index in [0.717, 1.165) is 25.9 Å². The molecule has 1 saturated heterocycles. The molecule has 0 saturated carbocycles. The van der Waals surface area contributed by atoms with Crippen molar-refractivity contribution < 1.29 is 4.39 Å². The van der Waals surface area contributed by atoms with Crippen molar-refractivity contribution in [3.63, 3.8) is 0 Å². The van der Waals surface area contributed by atoms with Crippen LogP contribution < -0.4 is 5.73 Å². The third kappa shape index (κ3) is 3.32. The summed E-state index contributed by atoms with van der Waals surface area (Å²) in [6.45, 7) is 2.65. The van der Waals surface area contributed by atoms with E-state index in [2.05, 4.69) is 23.9 Å². The van der Waals surface area contributed by atoms with Crippen molar-refractivity contribution >= 4 is 0 Å². The van der Waals surface area contributed by atoms with Crippen LogP contribution in [-0.4, -0.2) is 49.6 Å². The number of piperidine rings is 1. The summed E-state index contributed by atoms with van der Waals surface area (Å²) in [5.41, 5.74) is 6.60. The van der Waals surface area contributed by atoms with Crippen molar-refractivity contribution in [2.24, 2.45) is 5.73 Å². The first kappa shape index (κ1) is 14.4. The summed E-state index contributed by atoms with van der Waals surface area (Å²) in [6.07, 6.45) is 2.25. The van der Waals surface area contributed by atoms with Crippen molar-refractivity contribution in [2.75, 3.05) is 33.7 Å². The van der Waals surface area contributed by atoms with E-state index in [4.69, 9.17) is 5.73 Å². The van der Waals surface area contributed by atoms with Crippen LogP contribution in [0.3, 0.4) is 0 Å². The molecule has 1 aliphatic rings. The second-order valence-electron chi connectivity index (χ2n) is 5.47. The van der Waals surface area contributed by atoms with Crippen molar-refractivity contribution in [3.05, 3.63) is 35.6 Å². The minimum Gasteiger partial charge on any atom is -0.329 e. The van der Waals surface area contributed by atoms with E-state index in [0.29, 0.717) is 18.2 Å². The first-order valence-electron chi connectivity index (χ1n) is 6.98. The van der Waals surface area contributed by atoms with Crippen LogP contribution in [0.4, 0.5) is 4.39 Å². The normalized spacial score (nSPS) is 19.8. The number of rotatable bonds is 4. The molecule has 1 aliphatic heterocycles. The molecule has 1 heterocycles. The molecule has 1 aromatic rings. The van der Waals surface area contributed by atoms with Crippen molar-refractivity contribution in [1.82, 2.24) is 9.80 Å². The average Bonchev–Trinajstić information content (AvgIpc) is 2.42. The third-order valence-corrected chi connectivity index (χ3v) is 4.24. The summed E-state index contributed by atoms with van der Waals surface area (Å²) in [4.78, 5) is 4.59. The number of likely N-dealkylation sites (tertiary alicyclic amines) is 1. The van der Waals surface area contributed by atoms with Gasteiger partial charge in [-0.2, -0.15) is 0 Å². The summed E-state index contributed by atoms with van der Waals surface area (Å²) >= 11 is 0. The molecule has 1 fully saturated rings. The SMILES string of the molecule is CN1CCC(N(C)C(CN)c2ccccc2F)CC1. The highest BCUT2D eigenvalue weighted by Crippen LogP contribution is 2.26. The van der Waals surface area contributed by atoms with Gasteiger partial charge in [-0.1, -0.05) is 18.2 Å². The maximum absolute atomic E-state index is 13.9. The van der Waals surface area contributed by atoms with Crippen LogP contribution in [-0.2, 0) is 0 Å². The highest BCUT2D eigenvalue weighted by atomic mass is 19.1. The van der Waals surface area contributed by atoms with Crippen LogP contribution in [0, 0.1) is 5.82 Å². The quantitative estimate of drug-likeness (QED) is 0.902. The predicted octanol–water partition coefficient (Wildman–Crippen LogP) is 1.85. The summed E-state index contributed by atoms with van der Waals surface area (Å²) in [5, 5.41) is 0. The fraction of sp³-hybridized carbons (Fsp3) is 0.600. The fourth-order valence-corrected chi connectivity index (χ4v) is 2.91. The van der Waals surface area contributed by atoms with Crippen molar-refractivity contribution in [3.8, 4) is 0 Å². The number of hydrogen-bond donors (Lipinski definition) is 1. The molecule has 1 unspecified atom stereocenters. The van der Waals surface area contributed by atoms with E-state index in [9.17, 15) is 4.39 Å². The second-order valence-corrected chi connectivity index (χ2v) is 5.47. The Bertz CT molecular complexity index is 402. The largest absolute Gasteiger partial charge is 0.329 e. The number of likely N-dealkylation sites (N-methyl/N-ethyl adjacent to an activating group) is 1. The van der Waals surface area contributed by atoms with E-state index >= 15 is 0 Å². The molecule has 0 aliphatic carbocycles. The number of nitrogens with zero attached hydrogens (tertiary/aromatic N) is 2. The van der Waals surface area contributed by atoms with Crippen LogP contribution >= 0.6 is 0 Å². The zero-order chi connectivity index (χ0) is 13.8. The molecule has 106 valence electrons.